The molecule has 0 amide bonds. The van der Waals surface area contributed by atoms with Crippen LogP contribution in [0.2, 0.25) is 0 Å². The monoisotopic (exact) mass is 361 g/mol. The fraction of sp³-hybridized carbons (Fsp3) is 0.400. The van der Waals surface area contributed by atoms with Gasteiger partial charge in [-0.2, -0.15) is 0 Å². The van der Waals surface area contributed by atoms with Gasteiger partial charge in [0.1, 0.15) is 5.75 Å². The number of rotatable bonds is 6. The van der Waals surface area contributed by atoms with Crippen LogP contribution in [0.1, 0.15) is 47.7 Å². The zero-order chi connectivity index (χ0) is 18.8. The van der Waals surface area contributed by atoms with E-state index in [2.05, 4.69) is 23.8 Å². The highest BCUT2D eigenvalue weighted by molar-refractivity contribution is 7.89. The van der Waals surface area contributed by atoms with Gasteiger partial charge in [-0.3, -0.25) is 0 Å². The number of aryl methyl sites for hydroxylation is 4. The van der Waals surface area contributed by atoms with Gasteiger partial charge in [-0.15, -0.1) is 0 Å². The first-order valence-corrected chi connectivity index (χ1v) is 9.95. The standard InChI is InChI=1S/C20H27NO3S/c1-7-17-12-18(8-9-20(17)24-6)25(22,23)21-16(5)19-11-14(3)13(2)10-15(19)4/h8-12,16,21H,7H2,1-6H3/t16-/m1/s1. The molecule has 0 fully saturated rings. The Morgan fingerprint density at radius 2 is 1.68 bits per heavy atom. The van der Waals surface area contributed by atoms with E-state index >= 15 is 0 Å². The summed E-state index contributed by atoms with van der Waals surface area (Å²) in [6.45, 7) is 9.96. The van der Waals surface area contributed by atoms with Gasteiger partial charge >= 0.3 is 0 Å². The lowest BCUT2D eigenvalue weighted by Gasteiger charge is -2.19. The molecule has 2 aromatic carbocycles. The van der Waals surface area contributed by atoms with Crippen LogP contribution in [0.25, 0.3) is 0 Å². The SMILES string of the molecule is CCc1cc(S(=O)(=O)N[C@H](C)c2cc(C)c(C)cc2C)ccc1OC. The number of benzene rings is 2. The lowest BCUT2D eigenvalue weighted by atomic mass is 9.97. The number of methoxy groups -OCH3 is 1. The van der Waals surface area contributed by atoms with Crippen LogP contribution < -0.4 is 9.46 Å². The van der Waals surface area contributed by atoms with Crippen LogP contribution in [0.5, 0.6) is 5.75 Å². The second-order valence-corrected chi connectivity index (χ2v) is 8.18. The van der Waals surface area contributed by atoms with Crippen molar-refractivity contribution in [3.05, 3.63) is 58.1 Å². The summed E-state index contributed by atoms with van der Waals surface area (Å²) in [6, 6.07) is 8.82. The molecule has 1 N–H and O–H groups in total. The van der Waals surface area contributed by atoms with Gasteiger partial charge in [-0.1, -0.05) is 19.1 Å². The van der Waals surface area contributed by atoms with E-state index in [1.165, 1.54) is 5.56 Å². The number of hydrogen-bond donors (Lipinski definition) is 1. The Hall–Kier alpha value is -1.85. The average molecular weight is 362 g/mol. The zero-order valence-electron chi connectivity index (χ0n) is 15.8. The van der Waals surface area contributed by atoms with Crippen molar-refractivity contribution >= 4 is 10.0 Å². The molecule has 0 saturated heterocycles. The van der Waals surface area contributed by atoms with Gasteiger partial charge in [0, 0.05) is 6.04 Å². The first-order valence-electron chi connectivity index (χ1n) is 8.46. The molecule has 0 unspecified atom stereocenters. The number of sulfonamides is 1. The molecule has 0 aromatic heterocycles. The molecule has 2 aromatic rings. The van der Waals surface area contributed by atoms with Crippen LogP contribution >= 0.6 is 0 Å². The Morgan fingerprint density at radius 3 is 2.28 bits per heavy atom. The lowest BCUT2D eigenvalue weighted by molar-refractivity contribution is 0.409. The van der Waals surface area contributed by atoms with Crippen molar-refractivity contribution in [1.82, 2.24) is 4.72 Å². The van der Waals surface area contributed by atoms with E-state index in [4.69, 9.17) is 4.74 Å². The van der Waals surface area contributed by atoms with Crippen LogP contribution in [0, 0.1) is 20.8 Å². The third-order valence-electron chi connectivity index (χ3n) is 4.62. The third-order valence-corrected chi connectivity index (χ3v) is 6.16. The van der Waals surface area contributed by atoms with Crippen molar-refractivity contribution in [3.8, 4) is 5.75 Å². The Labute approximate surface area is 151 Å². The smallest absolute Gasteiger partial charge is 0.241 e. The molecule has 0 radical (unpaired) electrons. The molecule has 0 aliphatic carbocycles. The van der Waals surface area contributed by atoms with Gasteiger partial charge in [-0.25, -0.2) is 13.1 Å². The van der Waals surface area contributed by atoms with Crippen molar-refractivity contribution in [2.24, 2.45) is 0 Å². The highest BCUT2D eigenvalue weighted by Crippen LogP contribution is 2.26. The molecule has 0 saturated carbocycles. The number of ether oxygens (including phenoxy) is 1. The van der Waals surface area contributed by atoms with Crippen molar-refractivity contribution in [2.45, 2.75) is 52.0 Å². The molecule has 0 bridgehead atoms. The minimum atomic E-state index is -3.61. The predicted molar refractivity (Wildman–Crippen MR) is 102 cm³/mol. The summed E-state index contributed by atoms with van der Waals surface area (Å²) in [4.78, 5) is 0.262. The Kier molecular flexibility index (Phi) is 5.91. The van der Waals surface area contributed by atoms with Crippen molar-refractivity contribution in [3.63, 3.8) is 0 Å². The van der Waals surface area contributed by atoms with Crippen molar-refractivity contribution < 1.29 is 13.2 Å². The van der Waals surface area contributed by atoms with E-state index in [0.717, 1.165) is 22.3 Å². The quantitative estimate of drug-likeness (QED) is 0.838. The van der Waals surface area contributed by atoms with Crippen LogP contribution in [0.4, 0.5) is 0 Å². The highest BCUT2D eigenvalue weighted by atomic mass is 32.2. The molecule has 25 heavy (non-hydrogen) atoms. The predicted octanol–water partition coefficient (Wildman–Crippen LogP) is 4.22. The summed E-state index contributed by atoms with van der Waals surface area (Å²) in [5.41, 5.74) is 5.32. The fourth-order valence-electron chi connectivity index (χ4n) is 3.01. The molecular formula is C20H27NO3S. The van der Waals surface area contributed by atoms with Crippen molar-refractivity contribution in [1.29, 1.82) is 0 Å². The van der Waals surface area contributed by atoms with Gasteiger partial charge in [0.25, 0.3) is 0 Å². The van der Waals surface area contributed by atoms with E-state index in [1.807, 2.05) is 27.7 Å². The Morgan fingerprint density at radius 1 is 1.04 bits per heavy atom. The molecule has 0 aliphatic rings. The maximum atomic E-state index is 12.8. The largest absolute Gasteiger partial charge is 0.496 e. The summed E-state index contributed by atoms with van der Waals surface area (Å²) >= 11 is 0. The first kappa shape index (κ1) is 19.5. The minimum absolute atomic E-state index is 0.262. The van der Waals surface area contributed by atoms with E-state index in [1.54, 1.807) is 25.3 Å². The molecule has 0 spiro atoms. The molecule has 0 heterocycles. The highest BCUT2D eigenvalue weighted by Gasteiger charge is 2.21. The molecule has 2 rings (SSSR count). The summed E-state index contributed by atoms with van der Waals surface area (Å²) in [7, 11) is -2.02. The zero-order valence-corrected chi connectivity index (χ0v) is 16.6. The first-order chi connectivity index (χ1) is 11.7. The van der Waals surface area contributed by atoms with Gasteiger partial charge < -0.3 is 4.74 Å². The molecule has 136 valence electrons. The maximum absolute atomic E-state index is 12.8. The van der Waals surface area contributed by atoms with Gasteiger partial charge in [0.2, 0.25) is 10.0 Å². The van der Waals surface area contributed by atoms with Crippen LogP contribution in [-0.4, -0.2) is 15.5 Å². The van der Waals surface area contributed by atoms with Gasteiger partial charge in [0.05, 0.1) is 12.0 Å². The Bertz CT molecular complexity index is 873. The van der Waals surface area contributed by atoms with Gasteiger partial charge in [0.15, 0.2) is 0 Å². The van der Waals surface area contributed by atoms with Crippen molar-refractivity contribution in [2.75, 3.05) is 7.11 Å². The van der Waals surface area contributed by atoms with E-state index in [0.29, 0.717) is 12.2 Å². The van der Waals surface area contributed by atoms with E-state index < -0.39 is 10.0 Å². The molecule has 5 heteroatoms. The third kappa shape index (κ3) is 4.22. The number of hydrogen-bond acceptors (Lipinski definition) is 3. The second kappa shape index (κ2) is 7.58. The summed E-state index contributed by atoms with van der Waals surface area (Å²) < 4.78 is 33.7. The molecular weight excluding hydrogens is 334 g/mol. The second-order valence-electron chi connectivity index (χ2n) is 6.46. The maximum Gasteiger partial charge on any atom is 0.241 e. The van der Waals surface area contributed by atoms with Crippen LogP contribution in [0.3, 0.4) is 0 Å². The minimum Gasteiger partial charge on any atom is -0.496 e. The summed E-state index contributed by atoms with van der Waals surface area (Å²) in [5.74, 6) is 0.708. The number of nitrogens with one attached hydrogen (secondary N) is 1. The van der Waals surface area contributed by atoms with Crippen LogP contribution in [-0.2, 0) is 16.4 Å². The lowest BCUT2D eigenvalue weighted by Crippen LogP contribution is -2.27. The normalized spacial score (nSPS) is 12.9. The molecule has 0 aliphatic heterocycles. The summed E-state index contributed by atoms with van der Waals surface area (Å²) in [5, 5.41) is 0. The van der Waals surface area contributed by atoms with Gasteiger partial charge in [-0.05, 0) is 80.1 Å². The summed E-state index contributed by atoms with van der Waals surface area (Å²) in [6.07, 6.45) is 0.707. The Balaban J connectivity index is 2.34. The van der Waals surface area contributed by atoms with Crippen LogP contribution in [0.15, 0.2) is 35.2 Å². The van der Waals surface area contributed by atoms with E-state index in [-0.39, 0.29) is 10.9 Å². The topological polar surface area (TPSA) is 55.4 Å². The fourth-order valence-corrected chi connectivity index (χ4v) is 4.29. The average Bonchev–Trinajstić information content (AvgIpc) is 2.56. The van der Waals surface area contributed by atoms with E-state index in [9.17, 15) is 8.42 Å². The molecule has 1 atom stereocenters. The molecule has 4 nitrogen and oxygen atoms in total.